The topological polar surface area (TPSA) is 72.5 Å². The van der Waals surface area contributed by atoms with Crippen LogP contribution in [0, 0.1) is 0 Å². The molecule has 148 valence electrons. The molecule has 3 rings (SSSR count). The molecule has 1 N–H and O–H groups in total. The number of benzene rings is 2. The highest BCUT2D eigenvalue weighted by molar-refractivity contribution is 5.99. The van der Waals surface area contributed by atoms with Crippen molar-refractivity contribution in [3.05, 3.63) is 65.2 Å². The average Bonchev–Trinajstić information content (AvgIpc) is 2.67. The number of carboxylic acid groups (broad SMARTS) is 1. The molecule has 0 spiro atoms. The van der Waals surface area contributed by atoms with Crippen LogP contribution < -0.4 is 10.4 Å². The van der Waals surface area contributed by atoms with Crippen LogP contribution in [-0.4, -0.2) is 30.0 Å². The minimum Gasteiger partial charge on any atom is -0.545 e. The first-order valence-electron chi connectivity index (χ1n) is 8.80. The number of hydrogen-bond donors (Lipinski definition) is 1. The number of carbonyl (C=O) groups excluding carboxylic acids is 2. The van der Waals surface area contributed by atoms with Gasteiger partial charge in [0, 0.05) is 18.7 Å². The van der Waals surface area contributed by atoms with Gasteiger partial charge in [0.15, 0.2) is 0 Å². The number of carbonyl (C=O) groups is 2. The monoisotopic (exact) mass is 391 g/mol. The molecule has 0 bridgehead atoms. The maximum Gasteiger partial charge on any atom is 0.416 e. The number of carboxylic acids is 1. The summed E-state index contributed by atoms with van der Waals surface area (Å²) in [6.45, 7) is 0.548. The number of urea groups is 1. The third kappa shape index (κ3) is 4.27. The second-order valence-corrected chi connectivity index (χ2v) is 6.61. The molecule has 1 aliphatic heterocycles. The van der Waals surface area contributed by atoms with Gasteiger partial charge < -0.3 is 20.1 Å². The van der Waals surface area contributed by atoms with Crippen molar-refractivity contribution in [1.29, 1.82) is 0 Å². The first kappa shape index (κ1) is 19.7. The molecule has 0 saturated carbocycles. The van der Waals surface area contributed by atoms with Crippen LogP contribution in [0.2, 0.25) is 0 Å². The van der Waals surface area contributed by atoms with Crippen LogP contribution in [-0.2, 0) is 6.18 Å². The first-order valence-corrected chi connectivity index (χ1v) is 8.80. The standard InChI is InChI=1S/C20H19F3N2O3/c21-20(22,23)16-7-3-1-5-14(16)13-9-11-25(12-10-13)19(28)24-17-8-4-2-6-15(17)18(26)27/h1-8,13H,9-12H2,(H,24,28)(H,26,27)/p-1. The van der Waals surface area contributed by atoms with E-state index >= 15 is 0 Å². The van der Waals surface area contributed by atoms with Crippen LogP contribution in [0.1, 0.15) is 40.2 Å². The van der Waals surface area contributed by atoms with Gasteiger partial charge in [-0.25, -0.2) is 4.79 Å². The SMILES string of the molecule is O=C([O-])c1ccccc1NC(=O)N1CCC(c2ccccc2C(F)(F)F)CC1. The van der Waals surface area contributed by atoms with E-state index in [1.54, 1.807) is 12.1 Å². The number of aromatic carboxylic acids is 1. The Bertz CT molecular complexity index is 875. The summed E-state index contributed by atoms with van der Waals surface area (Å²) in [5.74, 6) is -1.70. The van der Waals surface area contributed by atoms with Gasteiger partial charge in [0.1, 0.15) is 0 Å². The number of rotatable bonds is 3. The quantitative estimate of drug-likeness (QED) is 0.871. The van der Waals surface area contributed by atoms with E-state index in [4.69, 9.17) is 0 Å². The summed E-state index contributed by atoms with van der Waals surface area (Å²) in [6, 6.07) is 10.9. The number of piperidine rings is 1. The smallest absolute Gasteiger partial charge is 0.416 e. The lowest BCUT2D eigenvalue weighted by molar-refractivity contribution is -0.254. The summed E-state index contributed by atoms with van der Waals surface area (Å²) in [4.78, 5) is 25.0. The molecule has 0 radical (unpaired) electrons. The molecule has 8 heteroatoms. The summed E-state index contributed by atoms with van der Waals surface area (Å²) in [5, 5.41) is 13.7. The molecule has 1 heterocycles. The molecule has 2 amide bonds. The molecule has 2 aromatic carbocycles. The summed E-state index contributed by atoms with van der Waals surface area (Å²) in [6.07, 6.45) is -3.63. The van der Waals surface area contributed by atoms with Crippen LogP contribution in [0.25, 0.3) is 0 Å². The van der Waals surface area contributed by atoms with Gasteiger partial charge in [-0.05, 0) is 36.5 Å². The van der Waals surface area contributed by atoms with Crippen LogP contribution in [0.4, 0.5) is 23.7 Å². The lowest BCUT2D eigenvalue weighted by Crippen LogP contribution is -2.41. The van der Waals surface area contributed by atoms with Gasteiger partial charge >= 0.3 is 12.2 Å². The Morgan fingerprint density at radius 1 is 1.00 bits per heavy atom. The van der Waals surface area contributed by atoms with E-state index in [2.05, 4.69) is 5.32 Å². The molecule has 1 aliphatic rings. The highest BCUT2D eigenvalue weighted by atomic mass is 19.4. The zero-order valence-corrected chi connectivity index (χ0v) is 14.8. The molecular formula is C20H18F3N2O3-. The van der Waals surface area contributed by atoms with Crippen LogP contribution in [0.5, 0.6) is 0 Å². The lowest BCUT2D eigenvalue weighted by atomic mass is 9.86. The molecule has 2 aromatic rings. The maximum atomic E-state index is 13.2. The summed E-state index contributed by atoms with van der Waals surface area (Å²) in [5.41, 5.74) is -0.403. The number of amides is 2. The van der Waals surface area contributed by atoms with Crippen LogP contribution >= 0.6 is 0 Å². The number of nitrogens with zero attached hydrogens (tertiary/aromatic N) is 1. The molecule has 0 atom stereocenters. The van der Waals surface area contributed by atoms with E-state index in [0.29, 0.717) is 12.8 Å². The molecule has 1 saturated heterocycles. The van der Waals surface area contributed by atoms with Gasteiger partial charge in [0.05, 0.1) is 17.2 Å². The molecular weight excluding hydrogens is 373 g/mol. The Morgan fingerprint density at radius 2 is 1.61 bits per heavy atom. The maximum absolute atomic E-state index is 13.2. The van der Waals surface area contributed by atoms with Crippen LogP contribution in [0.15, 0.2) is 48.5 Å². The van der Waals surface area contributed by atoms with Crippen molar-refractivity contribution in [2.45, 2.75) is 24.9 Å². The number of likely N-dealkylation sites (tertiary alicyclic amines) is 1. The number of alkyl halides is 3. The third-order valence-electron chi connectivity index (χ3n) is 4.88. The third-order valence-corrected chi connectivity index (χ3v) is 4.88. The largest absolute Gasteiger partial charge is 0.545 e. The number of halogens is 3. The van der Waals surface area contributed by atoms with Crippen molar-refractivity contribution in [3.63, 3.8) is 0 Å². The van der Waals surface area contributed by atoms with Crippen molar-refractivity contribution >= 4 is 17.7 Å². The minimum absolute atomic E-state index is 0.122. The van der Waals surface area contributed by atoms with Crippen LogP contribution in [0.3, 0.4) is 0 Å². The van der Waals surface area contributed by atoms with Crippen molar-refractivity contribution in [1.82, 2.24) is 4.90 Å². The van der Waals surface area contributed by atoms with Crippen molar-refractivity contribution in [2.75, 3.05) is 18.4 Å². The predicted octanol–water partition coefficient (Wildman–Crippen LogP) is 3.48. The van der Waals surface area contributed by atoms with Gasteiger partial charge in [-0.2, -0.15) is 13.2 Å². The van der Waals surface area contributed by atoms with E-state index in [1.807, 2.05) is 0 Å². The van der Waals surface area contributed by atoms with Gasteiger partial charge in [0.25, 0.3) is 0 Å². The van der Waals surface area contributed by atoms with Gasteiger partial charge in [0.2, 0.25) is 0 Å². The highest BCUT2D eigenvalue weighted by Gasteiger charge is 2.36. The van der Waals surface area contributed by atoms with Gasteiger partial charge in [-0.15, -0.1) is 0 Å². The van der Waals surface area contributed by atoms with Crippen molar-refractivity contribution < 1.29 is 27.9 Å². The summed E-state index contributed by atoms with van der Waals surface area (Å²) < 4.78 is 39.7. The van der Waals surface area contributed by atoms with Gasteiger partial charge in [-0.1, -0.05) is 36.4 Å². The second-order valence-electron chi connectivity index (χ2n) is 6.61. The Kier molecular flexibility index (Phi) is 5.58. The molecule has 0 aliphatic carbocycles. The molecule has 0 aromatic heterocycles. The van der Waals surface area contributed by atoms with E-state index in [9.17, 15) is 27.9 Å². The number of anilines is 1. The van der Waals surface area contributed by atoms with E-state index in [1.165, 1.54) is 35.2 Å². The Labute approximate surface area is 159 Å². The molecule has 1 fully saturated rings. The average molecular weight is 391 g/mol. The molecule has 28 heavy (non-hydrogen) atoms. The fourth-order valence-corrected chi connectivity index (χ4v) is 3.47. The Morgan fingerprint density at radius 3 is 2.25 bits per heavy atom. The second kappa shape index (κ2) is 7.92. The first-order chi connectivity index (χ1) is 13.3. The lowest BCUT2D eigenvalue weighted by Gasteiger charge is -2.33. The summed E-state index contributed by atoms with van der Waals surface area (Å²) >= 11 is 0. The van der Waals surface area contributed by atoms with E-state index < -0.39 is 23.7 Å². The fraction of sp³-hybridized carbons (Fsp3) is 0.300. The van der Waals surface area contributed by atoms with Crippen molar-refractivity contribution in [2.24, 2.45) is 0 Å². The minimum atomic E-state index is -4.42. The normalized spacial score (nSPS) is 15.3. The summed E-state index contributed by atoms with van der Waals surface area (Å²) in [7, 11) is 0. The number of nitrogens with one attached hydrogen (secondary N) is 1. The number of hydrogen-bond acceptors (Lipinski definition) is 3. The zero-order chi connectivity index (χ0) is 20.3. The van der Waals surface area contributed by atoms with E-state index in [0.717, 1.165) is 6.07 Å². The van der Waals surface area contributed by atoms with Crippen molar-refractivity contribution in [3.8, 4) is 0 Å². The number of para-hydroxylation sites is 1. The zero-order valence-electron chi connectivity index (χ0n) is 14.8. The predicted molar refractivity (Wildman–Crippen MR) is 94.8 cm³/mol. The fourth-order valence-electron chi connectivity index (χ4n) is 3.47. The highest BCUT2D eigenvalue weighted by Crippen LogP contribution is 2.38. The Balaban J connectivity index is 1.67. The van der Waals surface area contributed by atoms with Gasteiger partial charge in [-0.3, -0.25) is 0 Å². The Hall–Kier alpha value is -3.03. The molecule has 5 nitrogen and oxygen atoms in total. The molecule has 0 unspecified atom stereocenters. The van der Waals surface area contributed by atoms with E-state index in [-0.39, 0.29) is 35.8 Å².